The molecular formula is C15H16N4OS. The number of aromatic amines is 1. The number of pyridine rings is 1. The molecule has 2 N–H and O–H groups in total. The number of rotatable bonds is 4. The van der Waals surface area contributed by atoms with Crippen molar-refractivity contribution in [3.63, 3.8) is 0 Å². The zero-order valence-electron chi connectivity index (χ0n) is 11.7. The highest BCUT2D eigenvalue weighted by Gasteiger charge is 2.11. The molecule has 2 heterocycles. The molecule has 0 saturated carbocycles. The Labute approximate surface area is 127 Å². The molecule has 0 aliphatic heterocycles. The number of amides is 1. The fourth-order valence-electron chi connectivity index (χ4n) is 2.41. The van der Waals surface area contributed by atoms with Crippen LogP contribution in [-0.4, -0.2) is 27.0 Å². The van der Waals surface area contributed by atoms with Gasteiger partial charge in [-0.1, -0.05) is 25.1 Å². The van der Waals surface area contributed by atoms with E-state index in [0.29, 0.717) is 11.3 Å². The number of hydrogen-bond donors (Lipinski definition) is 2. The predicted octanol–water partition coefficient (Wildman–Crippen LogP) is 2.77. The van der Waals surface area contributed by atoms with E-state index in [1.807, 2.05) is 35.8 Å². The Morgan fingerprint density at radius 2 is 2.24 bits per heavy atom. The molecular weight excluding hydrogens is 284 g/mol. The van der Waals surface area contributed by atoms with Crippen LogP contribution in [0.2, 0.25) is 0 Å². The lowest BCUT2D eigenvalue weighted by atomic mass is 10.2. The van der Waals surface area contributed by atoms with Crippen LogP contribution in [0.5, 0.6) is 0 Å². The van der Waals surface area contributed by atoms with Crippen LogP contribution in [-0.2, 0) is 11.3 Å². The molecule has 0 saturated heterocycles. The van der Waals surface area contributed by atoms with Crippen LogP contribution in [0, 0.1) is 4.77 Å². The summed E-state index contributed by atoms with van der Waals surface area (Å²) >= 11 is 5.35. The predicted molar refractivity (Wildman–Crippen MR) is 85.7 cm³/mol. The van der Waals surface area contributed by atoms with Gasteiger partial charge in [-0.2, -0.15) is 0 Å². The summed E-state index contributed by atoms with van der Waals surface area (Å²) in [4.78, 5) is 19.5. The van der Waals surface area contributed by atoms with Crippen molar-refractivity contribution in [1.29, 1.82) is 0 Å². The number of fused-ring (bicyclic) bond motifs is 3. The molecule has 0 bridgehead atoms. The van der Waals surface area contributed by atoms with Crippen molar-refractivity contribution >= 4 is 40.1 Å². The summed E-state index contributed by atoms with van der Waals surface area (Å²) in [5.74, 6) is -0.0326. The summed E-state index contributed by atoms with van der Waals surface area (Å²) in [5, 5.41) is 3.87. The number of benzene rings is 1. The SMILES string of the molecule is CCCNC(=O)Cn1c(=S)[nH]c2cnc3ccccc3c21. The Morgan fingerprint density at radius 3 is 3.05 bits per heavy atom. The fourth-order valence-corrected chi connectivity index (χ4v) is 2.67. The molecule has 1 aromatic carbocycles. The van der Waals surface area contributed by atoms with Gasteiger partial charge in [-0.25, -0.2) is 0 Å². The molecule has 0 spiro atoms. The Bertz CT molecular complexity index is 865. The second-order valence-electron chi connectivity index (χ2n) is 4.90. The van der Waals surface area contributed by atoms with Gasteiger partial charge in [0.05, 0.1) is 22.7 Å². The van der Waals surface area contributed by atoms with Crippen molar-refractivity contribution < 1.29 is 4.79 Å². The van der Waals surface area contributed by atoms with Crippen LogP contribution < -0.4 is 5.32 Å². The lowest BCUT2D eigenvalue weighted by Crippen LogP contribution is -2.28. The molecule has 21 heavy (non-hydrogen) atoms. The quantitative estimate of drug-likeness (QED) is 0.728. The van der Waals surface area contributed by atoms with Crippen LogP contribution in [0.1, 0.15) is 13.3 Å². The van der Waals surface area contributed by atoms with E-state index in [2.05, 4.69) is 15.3 Å². The van der Waals surface area contributed by atoms with E-state index in [1.54, 1.807) is 6.20 Å². The molecule has 6 heteroatoms. The van der Waals surface area contributed by atoms with Crippen molar-refractivity contribution in [2.45, 2.75) is 19.9 Å². The third kappa shape index (κ3) is 2.54. The highest BCUT2D eigenvalue weighted by Crippen LogP contribution is 2.23. The van der Waals surface area contributed by atoms with Gasteiger partial charge in [-0.3, -0.25) is 9.78 Å². The number of carbonyl (C=O) groups excluding carboxylic acids is 1. The van der Waals surface area contributed by atoms with Gasteiger partial charge in [-0.05, 0) is 24.7 Å². The number of nitrogens with zero attached hydrogens (tertiary/aromatic N) is 2. The maximum absolute atomic E-state index is 12.0. The molecule has 1 amide bonds. The van der Waals surface area contributed by atoms with Gasteiger partial charge in [0, 0.05) is 11.9 Å². The molecule has 0 aliphatic carbocycles. The Hall–Kier alpha value is -2.21. The first-order valence-corrected chi connectivity index (χ1v) is 7.34. The highest BCUT2D eigenvalue weighted by atomic mass is 32.1. The summed E-state index contributed by atoms with van der Waals surface area (Å²) in [7, 11) is 0. The van der Waals surface area contributed by atoms with Crippen molar-refractivity contribution in [2.75, 3.05) is 6.54 Å². The number of carbonyl (C=O) groups is 1. The Morgan fingerprint density at radius 1 is 1.43 bits per heavy atom. The zero-order valence-corrected chi connectivity index (χ0v) is 12.5. The average molecular weight is 300 g/mol. The van der Waals surface area contributed by atoms with Gasteiger partial charge < -0.3 is 14.9 Å². The summed E-state index contributed by atoms with van der Waals surface area (Å²) in [6.45, 7) is 2.92. The monoisotopic (exact) mass is 300 g/mol. The van der Waals surface area contributed by atoms with Gasteiger partial charge >= 0.3 is 0 Å². The van der Waals surface area contributed by atoms with Gasteiger partial charge in [0.2, 0.25) is 5.91 Å². The van der Waals surface area contributed by atoms with Crippen LogP contribution in [0.25, 0.3) is 21.9 Å². The maximum atomic E-state index is 12.0. The van der Waals surface area contributed by atoms with Gasteiger partial charge in [0.1, 0.15) is 6.54 Å². The van der Waals surface area contributed by atoms with E-state index >= 15 is 0 Å². The molecule has 0 unspecified atom stereocenters. The van der Waals surface area contributed by atoms with Crippen LogP contribution in [0.4, 0.5) is 0 Å². The number of para-hydroxylation sites is 1. The molecule has 3 rings (SSSR count). The second-order valence-corrected chi connectivity index (χ2v) is 5.29. The van der Waals surface area contributed by atoms with E-state index in [4.69, 9.17) is 12.2 Å². The lowest BCUT2D eigenvalue weighted by Gasteiger charge is -2.07. The van der Waals surface area contributed by atoms with Gasteiger partial charge in [-0.15, -0.1) is 0 Å². The van der Waals surface area contributed by atoms with Crippen LogP contribution in [0.15, 0.2) is 30.5 Å². The number of hydrogen-bond acceptors (Lipinski definition) is 3. The molecule has 0 atom stereocenters. The normalized spacial score (nSPS) is 11.1. The first kappa shape index (κ1) is 13.8. The van der Waals surface area contributed by atoms with Crippen molar-refractivity contribution in [3.05, 3.63) is 35.2 Å². The van der Waals surface area contributed by atoms with E-state index < -0.39 is 0 Å². The topological polar surface area (TPSA) is 62.7 Å². The Balaban J connectivity index is 2.13. The van der Waals surface area contributed by atoms with Crippen molar-refractivity contribution in [3.8, 4) is 0 Å². The van der Waals surface area contributed by atoms with E-state index in [1.165, 1.54) is 0 Å². The average Bonchev–Trinajstić information content (AvgIpc) is 2.81. The highest BCUT2D eigenvalue weighted by molar-refractivity contribution is 7.71. The van der Waals surface area contributed by atoms with Crippen molar-refractivity contribution in [1.82, 2.24) is 19.9 Å². The van der Waals surface area contributed by atoms with Crippen LogP contribution in [0.3, 0.4) is 0 Å². The summed E-state index contributed by atoms with van der Waals surface area (Å²) in [6, 6.07) is 7.85. The molecule has 2 aromatic heterocycles. The first-order chi connectivity index (χ1) is 10.2. The third-order valence-electron chi connectivity index (χ3n) is 3.38. The number of H-pyrrole nitrogens is 1. The Kier molecular flexibility index (Phi) is 3.70. The smallest absolute Gasteiger partial charge is 0.240 e. The zero-order chi connectivity index (χ0) is 14.8. The molecule has 3 aromatic rings. The third-order valence-corrected chi connectivity index (χ3v) is 3.70. The standard InChI is InChI=1S/C15H16N4OS/c1-2-7-16-13(20)9-19-14-10-5-3-4-6-11(10)17-8-12(14)18-15(19)21/h3-6,8H,2,7,9H2,1H3,(H,16,20)(H,18,21). The van der Waals surface area contributed by atoms with E-state index in [0.717, 1.165) is 28.4 Å². The molecule has 0 aliphatic rings. The minimum Gasteiger partial charge on any atom is -0.355 e. The molecule has 0 radical (unpaired) electrons. The summed E-state index contributed by atoms with van der Waals surface area (Å²) in [5.41, 5.74) is 2.67. The second kappa shape index (κ2) is 5.65. The minimum absolute atomic E-state index is 0.0326. The van der Waals surface area contributed by atoms with Gasteiger partial charge in [0.15, 0.2) is 4.77 Å². The van der Waals surface area contributed by atoms with Crippen molar-refractivity contribution in [2.24, 2.45) is 0 Å². The number of aromatic nitrogens is 3. The largest absolute Gasteiger partial charge is 0.355 e. The maximum Gasteiger partial charge on any atom is 0.240 e. The van der Waals surface area contributed by atoms with E-state index in [9.17, 15) is 4.79 Å². The van der Waals surface area contributed by atoms with Crippen LogP contribution >= 0.6 is 12.2 Å². The minimum atomic E-state index is -0.0326. The summed E-state index contributed by atoms with van der Waals surface area (Å²) in [6.07, 6.45) is 2.67. The lowest BCUT2D eigenvalue weighted by molar-refractivity contribution is -0.121. The number of imidazole rings is 1. The fraction of sp³-hybridized carbons (Fsp3) is 0.267. The first-order valence-electron chi connectivity index (χ1n) is 6.93. The van der Waals surface area contributed by atoms with Gasteiger partial charge in [0.25, 0.3) is 0 Å². The number of nitrogens with one attached hydrogen (secondary N) is 2. The molecule has 5 nitrogen and oxygen atoms in total. The molecule has 0 fully saturated rings. The molecule has 108 valence electrons. The summed E-state index contributed by atoms with van der Waals surface area (Å²) < 4.78 is 2.37. The van der Waals surface area contributed by atoms with E-state index in [-0.39, 0.29) is 12.5 Å².